The molecule has 150 valence electrons. The van der Waals surface area contributed by atoms with Crippen molar-refractivity contribution in [2.45, 2.75) is 6.42 Å². The van der Waals surface area contributed by atoms with Gasteiger partial charge >= 0.3 is 5.97 Å². The van der Waals surface area contributed by atoms with E-state index in [4.69, 9.17) is 19.3 Å². The molecule has 0 aromatic heterocycles. The molecule has 0 radical (unpaired) electrons. The molecule has 0 fully saturated rings. The fourth-order valence-electron chi connectivity index (χ4n) is 3.76. The Kier molecular flexibility index (Phi) is 6.20. The number of rotatable bonds is 10. The number of ether oxygens (including phenoxy) is 3. The molecule has 0 aliphatic carbocycles. The van der Waals surface area contributed by atoms with Crippen LogP contribution in [0.2, 0.25) is 0 Å². The Bertz CT molecular complexity index is 1090. The number of carbonyl (C=O) groups is 1. The van der Waals surface area contributed by atoms with Crippen LogP contribution in [0.3, 0.4) is 0 Å². The van der Waals surface area contributed by atoms with Gasteiger partial charge in [-0.15, -0.1) is 0 Å². The molecule has 29 heavy (non-hydrogen) atoms. The number of aliphatic hydroxyl groups is 1. The van der Waals surface area contributed by atoms with Crippen LogP contribution in [0.1, 0.15) is 5.56 Å². The van der Waals surface area contributed by atoms with E-state index in [1.54, 1.807) is 0 Å². The lowest BCUT2D eigenvalue weighted by Crippen LogP contribution is -2.15. The number of aliphatic hydroxyl groups excluding tert-OH is 1. The average molecular weight is 392 g/mol. The van der Waals surface area contributed by atoms with Crippen LogP contribution in [0.25, 0.3) is 32.3 Å². The Morgan fingerprint density at radius 2 is 1.34 bits per heavy atom. The molecular weight excluding hydrogens is 368 g/mol. The second-order valence-electron chi connectivity index (χ2n) is 6.93. The molecule has 4 rings (SSSR count). The summed E-state index contributed by atoms with van der Waals surface area (Å²) < 4.78 is 15.8. The maximum absolute atomic E-state index is 12.3. The lowest BCUT2D eigenvalue weighted by molar-refractivity contribution is -0.144. The first kappa shape index (κ1) is 19.6. The maximum Gasteiger partial charge on any atom is 0.310 e. The highest BCUT2D eigenvalue weighted by molar-refractivity contribution is 6.23. The highest BCUT2D eigenvalue weighted by Gasteiger charge is 2.13. The van der Waals surface area contributed by atoms with Gasteiger partial charge < -0.3 is 19.3 Å². The number of esters is 1. The van der Waals surface area contributed by atoms with E-state index >= 15 is 0 Å². The van der Waals surface area contributed by atoms with Crippen LogP contribution in [0.15, 0.2) is 54.6 Å². The molecule has 4 aromatic carbocycles. The van der Waals surface area contributed by atoms with Crippen molar-refractivity contribution in [2.75, 3.05) is 39.6 Å². The summed E-state index contributed by atoms with van der Waals surface area (Å²) in [4.78, 5) is 12.3. The number of hydrogen-bond donors (Lipinski definition) is 1. The molecule has 0 spiro atoms. The third-order valence-corrected chi connectivity index (χ3v) is 5.05. The third-order valence-electron chi connectivity index (χ3n) is 5.05. The Balaban J connectivity index is 1.41. The van der Waals surface area contributed by atoms with Gasteiger partial charge in [-0.3, -0.25) is 4.79 Å². The third kappa shape index (κ3) is 4.32. The minimum Gasteiger partial charge on any atom is -0.463 e. The van der Waals surface area contributed by atoms with Gasteiger partial charge in [-0.1, -0.05) is 54.6 Å². The van der Waals surface area contributed by atoms with E-state index in [1.165, 1.54) is 26.9 Å². The van der Waals surface area contributed by atoms with Crippen LogP contribution >= 0.6 is 0 Å². The van der Waals surface area contributed by atoms with E-state index in [2.05, 4.69) is 48.5 Å². The molecule has 5 heteroatoms. The zero-order chi connectivity index (χ0) is 20.1. The zero-order valence-electron chi connectivity index (χ0n) is 16.2. The second-order valence-corrected chi connectivity index (χ2v) is 6.93. The standard InChI is InChI=1S/C24H24O5/c25-10-11-27-12-13-28-14-15-29-22(26)16-20-7-6-19-5-4-17-2-1-3-18-8-9-21(20)24(19)23(17)18/h1-9,25H,10-16H2. The van der Waals surface area contributed by atoms with E-state index < -0.39 is 0 Å². The summed E-state index contributed by atoms with van der Waals surface area (Å²) in [5.41, 5.74) is 0.971. The monoisotopic (exact) mass is 392 g/mol. The van der Waals surface area contributed by atoms with Crippen molar-refractivity contribution < 1.29 is 24.1 Å². The number of carbonyl (C=O) groups excluding carboxylic acids is 1. The van der Waals surface area contributed by atoms with Crippen LogP contribution in [-0.2, 0) is 25.4 Å². The molecule has 0 aliphatic heterocycles. The first-order valence-electron chi connectivity index (χ1n) is 9.85. The lowest BCUT2D eigenvalue weighted by atomic mass is 9.91. The van der Waals surface area contributed by atoms with Gasteiger partial charge in [-0.05, 0) is 37.9 Å². The van der Waals surface area contributed by atoms with Crippen molar-refractivity contribution in [3.63, 3.8) is 0 Å². The SMILES string of the molecule is O=C(Cc1ccc2ccc3cccc4ccc1c2c34)OCCOCCOCCO. The van der Waals surface area contributed by atoms with E-state index in [0.29, 0.717) is 26.4 Å². The van der Waals surface area contributed by atoms with Crippen molar-refractivity contribution in [1.29, 1.82) is 0 Å². The predicted molar refractivity (Wildman–Crippen MR) is 114 cm³/mol. The van der Waals surface area contributed by atoms with Crippen LogP contribution in [0.5, 0.6) is 0 Å². The Hall–Kier alpha value is -2.73. The average Bonchev–Trinajstić information content (AvgIpc) is 2.75. The molecule has 0 heterocycles. The van der Waals surface area contributed by atoms with Gasteiger partial charge in [0.2, 0.25) is 0 Å². The van der Waals surface area contributed by atoms with Crippen LogP contribution in [-0.4, -0.2) is 50.7 Å². The number of benzene rings is 4. The molecule has 1 N–H and O–H groups in total. The molecule has 0 aliphatic rings. The summed E-state index contributed by atoms with van der Waals surface area (Å²) in [6.07, 6.45) is 0.230. The molecular formula is C24H24O5. The summed E-state index contributed by atoms with van der Waals surface area (Å²) in [6.45, 7) is 1.67. The van der Waals surface area contributed by atoms with Crippen molar-refractivity contribution in [1.82, 2.24) is 0 Å². The molecule has 0 atom stereocenters. The number of hydrogen-bond acceptors (Lipinski definition) is 5. The minimum atomic E-state index is -0.264. The molecule has 0 amide bonds. The molecule has 4 aromatic rings. The van der Waals surface area contributed by atoms with Crippen molar-refractivity contribution in [3.8, 4) is 0 Å². The fourth-order valence-corrected chi connectivity index (χ4v) is 3.76. The first-order chi connectivity index (χ1) is 14.3. The molecule has 0 unspecified atom stereocenters. The van der Waals surface area contributed by atoms with Crippen LogP contribution < -0.4 is 0 Å². The van der Waals surface area contributed by atoms with Crippen molar-refractivity contribution in [3.05, 3.63) is 60.2 Å². The van der Waals surface area contributed by atoms with Crippen LogP contribution in [0.4, 0.5) is 0 Å². The summed E-state index contributed by atoms with van der Waals surface area (Å²) in [5, 5.41) is 15.8. The molecule has 0 bridgehead atoms. The minimum absolute atomic E-state index is 0.000663. The van der Waals surface area contributed by atoms with Gasteiger partial charge in [0, 0.05) is 0 Å². The Labute approximate surface area is 169 Å². The van der Waals surface area contributed by atoms with E-state index in [0.717, 1.165) is 10.9 Å². The Morgan fingerprint density at radius 3 is 2.10 bits per heavy atom. The first-order valence-corrected chi connectivity index (χ1v) is 9.85. The largest absolute Gasteiger partial charge is 0.463 e. The topological polar surface area (TPSA) is 65.0 Å². The smallest absolute Gasteiger partial charge is 0.310 e. The predicted octanol–water partition coefficient (Wildman–Crippen LogP) is 3.70. The van der Waals surface area contributed by atoms with Crippen molar-refractivity contribution >= 4 is 38.3 Å². The van der Waals surface area contributed by atoms with E-state index in [9.17, 15) is 4.79 Å². The lowest BCUT2D eigenvalue weighted by Gasteiger charge is -2.13. The Morgan fingerprint density at radius 1 is 0.724 bits per heavy atom. The summed E-state index contributed by atoms with van der Waals surface area (Å²) in [7, 11) is 0. The van der Waals surface area contributed by atoms with Gasteiger partial charge in [-0.2, -0.15) is 0 Å². The molecule has 5 nitrogen and oxygen atoms in total. The van der Waals surface area contributed by atoms with E-state index in [1.807, 2.05) is 6.07 Å². The van der Waals surface area contributed by atoms with Gasteiger partial charge in [-0.25, -0.2) is 0 Å². The van der Waals surface area contributed by atoms with E-state index in [-0.39, 0.29) is 25.6 Å². The van der Waals surface area contributed by atoms with Crippen LogP contribution in [0, 0.1) is 0 Å². The quantitative estimate of drug-likeness (QED) is 0.253. The normalized spacial score (nSPS) is 11.6. The van der Waals surface area contributed by atoms with Gasteiger partial charge in [0.1, 0.15) is 6.61 Å². The van der Waals surface area contributed by atoms with Crippen molar-refractivity contribution in [2.24, 2.45) is 0 Å². The van der Waals surface area contributed by atoms with Gasteiger partial charge in [0.25, 0.3) is 0 Å². The second kappa shape index (κ2) is 9.18. The fraction of sp³-hybridized carbons (Fsp3) is 0.292. The highest BCUT2D eigenvalue weighted by Crippen LogP contribution is 2.36. The maximum atomic E-state index is 12.3. The molecule has 0 saturated carbocycles. The zero-order valence-corrected chi connectivity index (χ0v) is 16.2. The highest BCUT2D eigenvalue weighted by atomic mass is 16.6. The summed E-state index contributed by atoms with van der Waals surface area (Å²) >= 11 is 0. The van der Waals surface area contributed by atoms with Gasteiger partial charge in [0.15, 0.2) is 0 Å². The summed E-state index contributed by atoms with van der Waals surface area (Å²) in [5.74, 6) is -0.264. The van der Waals surface area contributed by atoms with Gasteiger partial charge in [0.05, 0.1) is 39.5 Å². The summed E-state index contributed by atoms with van der Waals surface area (Å²) in [6, 6.07) is 18.9. The molecule has 0 saturated heterocycles.